The number of nitrogens with zero attached hydrogens (tertiary/aromatic N) is 3. The molecule has 1 radical (unpaired) electrons. The van der Waals surface area contributed by atoms with Crippen LogP contribution in [0.3, 0.4) is 0 Å². The number of benzene rings is 2. The Bertz CT molecular complexity index is 1640. The number of rotatable bonds is 12. The van der Waals surface area contributed by atoms with Crippen LogP contribution in [0.5, 0.6) is 23.0 Å². The van der Waals surface area contributed by atoms with Gasteiger partial charge in [-0.3, -0.25) is 4.98 Å². The first-order valence-electron chi connectivity index (χ1n) is 11.2. The summed E-state index contributed by atoms with van der Waals surface area (Å²) in [4.78, 5) is 18.8. The molecule has 41 heavy (non-hydrogen) atoms. The van der Waals surface area contributed by atoms with Crippen LogP contribution >= 0.6 is 0 Å². The second-order valence-corrected chi connectivity index (χ2v) is 11.0. The summed E-state index contributed by atoms with van der Waals surface area (Å²) in [6.45, 7) is -3.77. The number of halogens is 2. The molecule has 0 bridgehead atoms. The molecule has 0 aliphatic carbocycles. The first-order valence-corrected chi connectivity index (χ1v) is 13.9. The molecule has 4 aromatic rings. The van der Waals surface area contributed by atoms with E-state index in [9.17, 15) is 26.5 Å². The van der Waals surface area contributed by atoms with Gasteiger partial charge in [0, 0.05) is 59.1 Å². The number of methoxy groups -OCH3 is 2. The van der Waals surface area contributed by atoms with Crippen molar-refractivity contribution < 1.29 is 50.6 Å². The fourth-order valence-electron chi connectivity index (χ4n) is 3.67. The zero-order valence-electron chi connectivity index (χ0n) is 21.8. The molecule has 0 spiro atoms. The van der Waals surface area contributed by atoms with Gasteiger partial charge in [0.15, 0.2) is 23.9 Å². The zero-order chi connectivity index (χ0) is 29.0. The predicted molar refractivity (Wildman–Crippen MR) is 142 cm³/mol. The van der Waals surface area contributed by atoms with Crippen molar-refractivity contribution in [2.45, 2.75) is 22.4 Å². The molecule has 1 unspecified atom stereocenters. The third kappa shape index (κ3) is 7.20. The van der Waals surface area contributed by atoms with Crippen LogP contribution in [0.1, 0.15) is 5.69 Å². The fourth-order valence-corrected chi connectivity index (χ4v) is 6.63. The van der Waals surface area contributed by atoms with Gasteiger partial charge in [0.1, 0.15) is 17.2 Å². The van der Waals surface area contributed by atoms with Gasteiger partial charge >= 0.3 is 17.7 Å². The SMILES string of the molecule is COc1ccnc(C[S+]([O-])c2nc3cc(OC(F)F)ccc3n2S(=O)(=O)c2ccc(OCC(=O)O)cc2)c1OC.[Na]. The van der Waals surface area contributed by atoms with E-state index in [1.54, 1.807) is 0 Å². The molecular weight excluding hydrogens is 599 g/mol. The average Bonchev–Trinajstić information content (AvgIpc) is 3.31. The molecule has 2 heterocycles. The van der Waals surface area contributed by atoms with E-state index in [-0.39, 0.29) is 74.2 Å². The van der Waals surface area contributed by atoms with Crippen molar-refractivity contribution >= 4 is 67.8 Å². The summed E-state index contributed by atoms with van der Waals surface area (Å²) in [6.07, 6.45) is 1.40. The third-order valence-corrected chi connectivity index (χ3v) is 8.39. The first kappa shape index (κ1) is 32.4. The topological polar surface area (TPSA) is 162 Å². The van der Waals surface area contributed by atoms with Crippen molar-refractivity contribution in [3.05, 3.63) is 60.4 Å². The largest absolute Gasteiger partial charge is 0.609 e. The monoisotopic (exact) mass is 620 g/mol. The second-order valence-electron chi connectivity index (χ2n) is 7.83. The van der Waals surface area contributed by atoms with Gasteiger partial charge < -0.3 is 28.6 Å². The molecule has 0 amide bonds. The number of imidazole rings is 1. The van der Waals surface area contributed by atoms with E-state index in [0.29, 0.717) is 5.75 Å². The summed E-state index contributed by atoms with van der Waals surface area (Å²) in [7, 11) is -1.71. The Labute approximate surface area is 257 Å². The summed E-state index contributed by atoms with van der Waals surface area (Å²) >= 11 is -2.16. The Balaban J connectivity index is 0.00000462. The Morgan fingerprint density at radius 2 is 1.78 bits per heavy atom. The smallest absolute Gasteiger partial charge is 0.387 e. The van der Waals surface area contributed by atoms with Crippen molar-refractivity contribution in [1.82, 2.24) is 13.9 Å². The number of aromatic nitrogens is 3. The Kier molecular flexibility index (Phi) is 10.8. The number of carboxylic acid groups (broad SMARTS) is 1. The van der Waals surface area contributed by atoms with E-state index in [1.165, 1.54) is 56.8 Å². The van der Waals surface area contributed by atoms with E-state index in [0.717, 1.165) is 16.1 Å². The summed E-state index contributed by atoms with van der Waals surface area (Å²) in [6, 6.07) is 9.81. The third-order valence-electron chi connectivity index (χ3n) is 5.34. The molecule has 12 nitrogen and oxygen atoms in total. The summed E-state index contributed by atoms with van der Waals surface area (Å²) in [5.74, 6) is -1.23. The van der Waals surface area contributed by atoms with E-state index >= 15 is 0 Å². The molecule has 4 rings (SSSR count). The van der Waals surface area contributed by atoms with Gasteiger partial charge in [0.25, 0.3) is 10.0 Å². The van der Waals surface area contributed by atoms with Gasteiger partial charge in [-0.2, -0.15) is 17.7 Å². The van der Waals surface area contributed by atoms with Crippen LogP contribution in [0, 0.1) is 0 Å². The van der Waals surface area contributed by atoms with Gasteiger partial charge in [0.05, 0.1) is 30.1 Å². The number of pyridine rings is 1. The van der Waals surface area contributed by atoms with Crippen molar-refractivity contribution in [1.29, 1.82) is 0 Å². The van der Waals surface area contributed by atoms with Crippen LogP contribution in [0.4, 0.5) is 8.78 Å². The van der Waals surface area contributed by atoms with Gasteiger partial charge in [-0.05, 0) is 36.4 Å². The van der Waals surface area contributed by atoms with Gasteiger partial charge in [-0.25, -0.2) is 13.2 Å². The fraction of sp³-hybridized carbons (Fsp3) is 0.208. The molecule has 0 aliphatic rings. The van der Waals surface area contributed by atoms with E-state index in [2.05, 4.69) is 14.7 Å². The van der Waals surface area contributed by atoms with Crippen molar-refractivity contribution in [3.8, 4) is 23.0 Å². The number of ether oxygens (including phenoxy) is 4. The Morgan fingerprint density at radius 3 is 2.39 bits per heavy atom. The van der Waals surface area contributed by atoms with Crippen LogP contribution in [0.25, 0.3) is 11.0 Å². The number of carboxylic acids is 1. The van der Waals surface area contributed by atoms with Crippen molar-refractivity contribution in [2.75, 3.05) is 20.8 Å². The molecule has 0 aliphatic heterocycles. The average molecular weight is 621 g/mol. The minimum absolute atomic E-state index is 0. The molecular formula is C24H21F2N3NaO9S2. The second kappa shape index (κ2) is 13.7. The number of fused-ring (bicyclic) bond motifs is 1. The predicted octanol–water partition coefficient (Wildman–Crippen LogP) is 2.68. The van der Waals surface area contributed by atoms with Crippen LogP contribution < -0.4 is 18.9 Å². The maximum absolute atomic E-state index is 13.8. The number of alkyl halides is 2. The summed E-state index contributed by atoms with van der Waals surface area (Å²) < 4.78 is 87.5. The number of hydrogen-bond acceptors (Lipinski definition) is 10. The maximum atomic E-state index is 13.8. The molecule has 1 atom stereocenters. The summed E-state index contributed by atoms with van der Waals surface area (Å²) in [5, 5.41) is 8.36. The number of hydrogen-bond donors (Lipinski definition) is 1. The van der Waals surface area contributed by atoms with E-state index in [1.807, 2.05) is 0 Å². The van der Waals surface area contributed by atoms with Crippen LogP contribution in [0.2, 0.25) is 0 Å². The molecule has 0 saturated heterocycles. The minimum atomic E-state index is -4.48. The standard InChI is InChI=1S/C24H21F2N3O9S2.Na/c1-35-20-9-10-27-18(22(20)36-2)13-39(32)24-28-17-11-15(38-23(25)26)5-8-19(17)29(24)40(33,34)16-6-3-14(4-7-16)37-12-21(30)31;/h3-11,23H,12-13H2,1-2H3,(H,30,31);. The maximum Gasteiger partial charge on any atom is 0.387 e. The van der Waals surface area contributed by atoms with Crippen LogP contribution in [-0.4, -0.2) is 95.0 Å². The van der Waals surface area contributed by atoms with Gasteiger partial charge in [0.2, 0.25) is 0 Å². The molecule has 0 fully saturated rings. The normalized spacial score (nSPS) is 12.0. The quantitative estimate of drug-likeness (QED) is 0.183. The van der Waals surface area contributed by atoms with Crippen LogP contribution in [-0.2, 0) is 31.7 Å². The molecule has 2 aromatic carbocycles. The van der Waals surface area contributed by atoms with Gasteiger partial charge in [-0.1, -0.05) is 0 Å². The molecule has 2 aromatic heterocycles. The number of carbonyl (C=O) groups is 1. The first-order chi connectivity index (χ1) is 19.0. The number of aliphatic carboxylic acids is 1. The molecule has 17 heteroatoms. The van der Waals surface area contributed by atoms with Crippen molar-refractivity contribution in [3.63, 3.8) is 0 Å². The van der Waals surface area contributed by atoms with E-state index < -0.39 is 45.5 Å². The molecule has 0 saturated carbocycles. The molecule has 213 valence electrons. The van der Waals surface area contributed by atoms with E-state index in [4.69, 9.17) is 19.3 Å². The Hall–Kier alpha value is -3.15. The summed E-state index contributed by atoms with van der Waals surface area (Å²) in [5.41, 5.74) is 0.0663. The zero-order valence-corrected chi connectivity index (χ0v) is 25.4. The Morgan fingerprint density at radius 1 is 1.10 bits per heavy atom. The van der Waals surface area contributed by atoms with Crippen LogP contribution in [0.15, 0.2) is 64.8 Å². The molecule has 1 N–H and O–H groups in total. The van der Waals surface area contributed by atoms with Crippen molar-refractivity contribution in [2.24, 2.45) is 0 Å². The minimum Gasteiger partial charge on any atom is -0.609 e. The van der Waals surface area contributed by atoms with Gasteiger partial charge in [-0.15, -0.1) is 0 Å².